The Balaban J connectivity index is 2.68. The second kappa shape index (κ2) is 6.06. The number of benzene rings is 1. The number of unbranched alkanes of at least 4 members (excludes halogenated alkanes) is 2. The number of nitrogens with zero attached hydrogens (tertiary/aromatic N) is 1. The van der Waals surface area contributed by atoms with Crippen LogP contribution in [0.3, 0.4) is 0 Å². The SMILES string of the molecule is CCCCCOc1ccc(C#N)c(F)c1F. The summed E-state index contributed by atoms with van der Waals surface area (Å²) in [7, 11) is 0. The van der Waals surface area contributed by atoms with Gasteiger partial charge in [0.1, 0.15) is 6.07 Å². The summed E-state index contributed by atoms with van der Waals surface area (Å²) in [6.45, 7) is 2.40. The van der Waals surface area contributed by atoms with Crippen molar-refractivity contribution in [1.82, 2.24) is 0 Å². The van der Waals surface area contributed by atoms with Crippen LogP contribution in [0.2, 0.25) is 0 Å². The minimum Gasteiger partial charge on any atom is -0.490 e. The molecule has 1 rings (SSSR count). The number of nitriles is 1. The molecule has 0 atom stereocenters. The van der Waals surface area contributed by atoms with Crippen molar-refractivity contribution in [1.29, 1.82) is 5.26 Å². The minimum atomic E-state index is -1.14. The van der Waals surface area contributed by atoms with Gasteiger partial charge in [-0.3, -0.25) is 0 Å². The summed E-state index contributed by atoms with van der Waals surface area (Å²) in [5.41, 5.74) is -0.307. The Morgan fingerprint density at radius 1 is 1.25 bits per heavy atom. The Hall–Kier alpha value is -1.63. The van der Waals surface area contributed by atoms with Gasteiger partial charge in [-0.25, -0.2) is 4.39 Å². The number of halogens is 2. The van der Waals surface area contributed by atoms with E-state index in [9.17, 15) is 8.78 Å². The topological polar surface area (TPSA) is 33.0 Å². The molecule has 0 heterocycles. The Morgan fingerprint density at radius 2 is 2.00 bits per heavy atom. The van der Waals surface area contributed by atoms with Crippen LogP contribution in [-0.2, 0) is 0 Å². The van der Waals surface area contributed by atoms with Crippen molar-refractivity contribution in [3.05, 3.63) is 29.3 Å². The zero-order valence-corrected chi connectivity index (χ0v) is 9.09. The van der Waals surface area contributed by atoms with Crippen molar-refractivity contribution in [3.63, 3.8) is 0 Å². The van der Waals surface area contributed by atoms with Crippen LogP contribution in [0.5, 0.6) is 5.75 Å². The van der Waals surface area contributed by atoms with Crippen LogP contribution in [0.15, 0.2) is 12.1 Å². The number of rotatable bonds is 5. The maximum Gasteiger partial charge on any atom is 0.201 e. The van der Waals surface area contributed by atoms with E-state index in [1.54, 1.807) is 6.07 Å². The maximum absolute atomic E-state index is 13.3. The van der Waals surface area contributed by atoms with Gasteiger partial charge in [-0.2, -0.15) is 9.65 Å². The molecule has 0 amide bonds. The molecule has 0 spiro atoms. The van der Waals surface area contributed by atoms with E-state index in [0.717, 1.165) is 19.3 Å². The fourth-order valence-electron chi connectivity index (χ4n) is 1.26. The monoisotopic (exact) mass is 225 g/mol. The highest BCUT2D eigenvalue weighted by molar-refractivity contribution is 5.37. The summed E-state index contributed by atoms with van der Waals surface area (Å²) in [6, 6.07) is 4.07. The van der Waals surface area contributed by atoms with E-state index < -0.39 is 11.6 Å². The van der Waals surface area contributed by atoms with E-state index in [0.29, 0.717) is 6.61 Å². The molecule has 16 heavy (non-hydrogen) atoms. The number of ether oxygens (including phenoxy) is 1. The molecular formula is C12H13F2NO. The molecule has 0 aliphatic rings. The van der Waals surface area contributed by atoms with Crippen molar-refractivity contribution in [3.8, 4) is 11.8 Å². The second-order valence-electron chi connectivity index (χ2n) is 3.41. The van der Waals surface area contributed by atoms with Gasteiger partial charge in [0.15, 0.2) is 11.6 Å². The lowest BCUT2D eigenvalue weighted by atomic mass is 10.2. The average Bonchev–Trinajstić information content (AvgIpc) is 2.30. The lowest BCUT2D eigenvalue weighted by Crippen LogP contribution is -2.01. The maximum atomic E-state index is 13.3. The van der Waals surface area contributed by atoms with E-state index in [-0.39, 0.29) is 11.3 Å². The summed E-state index contributed by atoms with van der Waals surface area (Å²) >= 11 is 0. The zero-order valence-electron chi connectivity index (χ0n) is 9.09. The summed E-state index contributed by atoms with van der Waals surface area (Å²) in [6.07, 6.45) is 2.82. The molecule has 0 aromatic heterocycles. The van der Waals surface area contributed by atoms with Crippen LogP contribution in [0, 0.1) is 23.0 Å². The molecule has 2 nitrogen and oxygen atoms in total. The van der Waals surface area contributed by atoms with Gasteiger partial charge >= 0.3 is 0 Å². The highest BCUT2D eigenvalue weighted by Gasteiger charge is 2.13. The molecule has 0 radical (unpaired) electrons. The van der Waals surface area contributed by atoms with Gasteiger partial charge in [-0.1, -0.05) is 19.8 Å². The average molecular weight is 225 g/mol. The Labute approximate surface area is 93.5 Å². The van der Waals surface area contributed by atoms with Crippen molar-refractivity contribution in [2.24, 2.45) is 0 Å². The first-order chi connectivity index (χ1) is 7.70. The van der Waals surface area contributed by atoms with Crippen molar-refractivity contribution >= 4 is 0 Å². The normalized spacial score (nSPS) is 9.88. The van der Waals surface area contributed by atoms with Gasteiger partial charge in [0, 0.05) is 0 Å². The fraction of sp³-hybridized carbons (Fsp3) is 0.417. The van der Waals surface area contributed by atoms with Crippen molar-refractivity contribution in [2.45, 2.75) is 26.2 Å². The first kappa shape index (κ1) is 12.4. The first-order valence-electron chi connectivity index (χ1n) is 5.21. The van der Waals surface area contributed by atoms with Crippen LogP contribution >= 0.6 is 0 Å². The molecule has 0 fully saturated rings. The van der Waals surface area contributed by atoms with E-state index >= 15 is 0 Å². The molecule has 0 saturated carbocycles. The van der Waals surface area contributed by atoms with Gasteiger partial charge in [0.05, 0.1) is 12.2 Å². The quantitative estimate of drug-likeness (QED) is 0.719. The van der Waals surface area contributed by atoms with E-state index in [1.807, 2.05) is 6.92 Å². The predicted molar refractivity (Wildman–Crippen MR) is 56.1 cm³/mol. The molecule has 1 aromatic rings. The van der Waals surface area contributed by atoms with E-state index in [2.05, 4.69) is 0 Å². The lowest BCUT2D eigenvalue weighted by Gasteiger charge is -2.07. The van der Waals surface area contributed by atoms with Gasteiger partial charge < -0.3 is 4.74 Å². The first-order valence-corrected chi connectivity index (χ1v) is 5.21. The fourth-order valence-corrected chi connectivity index (χ4v) is 1.26. The second-order valence-corrected chi connectivity index (χ2v) is 3.41. The molecule has 0 aliphatic heterocycles. The van der Waals surface area contributed by atoms with Gasteiger partial charge in [-0.15, -0.1) is 0 Å². The smallest absolute Gasteiger partial charge is 0.201 e. The Kier molecular flexibility index (Phi) is 4.71. The minimum absolute atomic E-state index is 0.132. The molecule has 1 aromatic carbocycles. The summed E-state index contributed by atoms with van der Waals surface area (Å²) in [5.74, 6) is -2.36. The van der Waals surface area contributed by atoms with Crippen LogP contribution in [0.1, 0.15) is 31.7 Å². The standard InChI is InChI=1S/C12H13F2NO/c1-2-3-4-7-16-10-6-5-9(8-15)11(13)12(10)14/h5-6H,2-4,7H2,1H3. The molecule has 0 unspecified atom stereocenters. The molecule has 0 saturated heterocycles. The summed E-state index contributed by atoms with van der Waals surface area (Å²) in [4.78, 5) is 0. The molecule has 4 heteroatoms. The van der Waals surface area contributed by atoms with Crippen molar-refractivity contribution < 1.29 is 13.5 Å². The third kappa shape index (κ3) is 2.93. The third-order valence-electron chi connectivity index (χ3n) is 2.17. The van der Waals surface area contributed by atoms with Crippen molar-refractivity contribution in [2.75, 3.05) is 6.61 Å². The summed E-state index contributed by atoms with van der Waals surface area (Å²) < 4.78 is 31.6. The highest BCUT2D eigenvalue weighted by Crippen LogP contribution is 2.22. The predicted octanol–water partition coefficient (Wildman–Crippen LogP) is 3.41. The van der Waals surface area contributed by atoms with Crippen LogP contribution in [0.4, 0.5) is 8.78 Å². The van der Waals surface area contributed by atoms with E-state index in [1.165, 1.54) is 12.1 Å². The van der Waals surface area contributed by atoms with Gasteiger partial charge in [0.25, 0.3) is 0 Å². The van der Waals surface area contributed by atoms with Crippen LogP contribution in [0.25, 0.3) is 0 Å². The number of hydrogen-bond acceptors (Lipinski definition) is 2. The number of hydrogen-bond donors (Lipinski definition) is 0. The van der Waals surface area contributed by atoms with Gasteiger partial charge in [0.2, 0.25) is 5.82 Å². The Morgan fingerprint density at radius 3 is 2.62 bits per heavy atom. The molecule has 86 valence electrons. The molecule has 0 bridgehead atoms. The molecular weight excluding hydrogens is 212 g/mol. The largest absolute Gasteiger partial charge is 0.490 e. The lowest BCUT2D eigenvalue weighted by molar-refractivity contribution is 0.286. The third-order valence-corrected chi connectivity index (χ3v) is 2.17. The summed E-state index contributed by atoms with van der Waals surface area (Å²) in [5, 5.41) is 8.48. The molecule has 0 aliphatic carbocycles. The van der Waals surface area contributed by atoms with Gasteiger partial charge in [-0.05, 0) is 18.6 Å². The Bertz CT molecular complexity index is 399. The van der Waals surface area contributed by atoms with Crippen LogP contribution in [-0.4, -0.2) is 6.61 Å². The zero-order chi connectivity index (χ0) is 12.0. The highest BCUT2D eigenvalue weighted by atomic mass is 19.2. The van der Waals surface area contributed by atoms with Crippen LogP contribution < -0.4 is 4.74 Å². The molecule has 0 N–H and O–H groups in total. The van der Waals surface area contributed by atoms with E-state index in [4.69, 9.17) is 10.00 Å².